The van der Waals surface area contributed by atoms with Gasteiger partial charge in [0.25, 0.3) is 11.7 Å². The van der Waals surface area contributed by atoms with Crippen LogP contribution in [0.4, 0.5) is 11.4 Å². The zero-order chi connectivity index (χ0) is 25.3. The van der Waals surface area contributed by atoms with Gasteiger partial charge in [0.2, 0.25) is 0 Å². The van der Waals surface area contributed by atoms with Gasteiger partial charge in [-0.3, -0.25) is 14.5 Å². The van der Waals surface area contributed by atoms with Crippen LogP contribution in [-0.2, 0) is 9.59 Å². The van der Waals surface area contributed by atoms with Crippen LogP contribution >= 0.6 is 11.6 Å². The third-order valence-corrected chi connectivity index (χ3v) is 6.75. The van der Waals surface area contributed by atoms with Crippen molar-refractivity contribution in [3.63, 3.8) is 0 Å². The van der Waals surface area contributed by atoms with Crippen LogP contribution in [0.1, 0.15) is 42.1 Å². The highest BCUT2D eigenvalue weighted by molar-refractivity contribution is 6.51. The highest BCUT2D eigenvalue weighted by Crippen LogP contribution is 2.43. The lowest BCUT2D eigenvalue weighted by Gasteiger charge is -2.27. The number of aliphatic hydroxyl groups is 1. The second kappa shape index (κ2) is 9.96. The van der Waals surface area contributed by atoms with E-state index in [1.54, 1.807) is 24.3 Å². The van der Waals surface area contributed by atoms with Gasteiger partial charge >= 0.3 is 0 Å². The maximum atomic E-state index is 13.4. The molecular formula is C29H29ClN2O3. The van der Waals surface area contributed by atoms with Crippen molar-refractivity contribution >= 4 is 40.4 Å². The van der Waals surface area contributed by atoms with E-state index < -0.39 is 17.7 Å². The average Bonchev–Trinajstić information content (AvgIpc) is 3.12. The molecule has 0 aromatic heterocycles. The summed E-state index contributed by atoms with van der Waals surface area (Å²) in [5.74, 6) is -1.59. The van der Waals surface area contributed by atoms with E-state index in [4.69, 9.17) is 11.6 Å². The summed E-state index contributed by atoms with van der Waals surface area (Å²) in [6, 6.07) is 19.5. The molecule has 0 aliphatic carbocycles. The molecule has 35 heavy (non-hydrogen) atoms. The highest BCUT2D eigenvalue weighted by atomic mass is 35.5. The number of halogens is 1. The largest absolute Gasteiger partial charge is 0.507 e. The molecule has 5 nitrogen and oxygen atoms in total. The van der Waals surface area contributed by atoms with E-state index >= 15 is 0 Å². The molecule has 1 fully saturated rings. The smallest absolute Gasteiger partial charge is 0.300 e. The number of amides is 1. The lowest BCUT2D eigenvalue weighted by Crippen LogP contribution is -2.29. The molecule has 1 heterocycles. The Bertz CT molecular complexity index is 1310. The van der Waals surface area contributed by atoms with Crippen LogP contribution < -0.4 is 9.80 Å². The average molecular weight is 489 g/mol. The van der Waals surface area contributed by atoms with Gasteiger partial charge in [0, 0.05) is 35.1 Å². The zero-order valence-electron chi connectivity index (χ0n) is 20.4. The molecule has 1 amide bonds. The zero-order valence-corrected chi connectivity index (χ0v) is 21.1. The summed E-state index contributed by atoms with van der Waals surface area (Å²) >= 11 is 6.23. The number of aliphatic hydroxyl groups excluding tert-OH is 1. The van der Waals surface area contributed by atoms with Crippen molar-refractivity contribution in [2.45, 2.75) is 33.7 Å². The van der Waals surface area contributed by atoms with Gasteiger partial charge in [-0.05, 0) is 75.2 Å². The predicted octanol–water partition coefficient (Wildman–Crippen LogP) is 6.43. The van der Waals surface area contributed by atoms with Gasteiger partial charge in [0.05, 0.1) is 11.6 Å². The van der Waals surface area contributed by atoms with Crippen molar-refractivity contribution in [1.82, 2.24) is 0 Å². The van der Waals surface area contributed by atoms with Crippen molar-refractivity contribution in [1.29, 1.82) is 0 Å². The molecule has 4 rings (SSSR count). The van der Waals surface area contributed by atoms with Gasteiger partial charge in [-0.15, -0.1) is 0 Å². The molecule has 3 aromatic carbocycles. The molecule has 1 aliphatic rings. The second-order valence-electron chi connectivity index (χ2n) is 8.73. The number of ketones is 1. The normalized spacial score (nSPS) is 17.2. The lowest BCUT2D eigenvalue weighted by molar-refractivity contribution is -0.132. The van der Waals surface area contributed by atoms with Crippen molar-refractivity contribution in [2.24, 2.45) is 0 Å². The van der Waals surface area contributed by atoms with Crippen LogP contribution in [0.25, 0.3) is 5.76 Å². The van der Waals surface area contributed by atoms with Crippen LogP contribution in [-0.4, -0.2) is 29.9 Å². The fourth-order valence-electron chi connectivity index (χ4n) is 4.63. The minimum Gasteiger partial charge on any atom is -0.507 e. The van der Waals surface area contributed by atoms with Crippen LogP contribution in [0.2, 0.25) is 5.02 Å². The van der Waals surface area contributed by atoms with E-state index in [2.05, 4.69) is 18.7 Å². The second-order valence-corrected chi connectivity index (χ2v) is 9.17. The molecule has 1 atom stereocenters. The maximum absolute atomic E-state index is 13.4. The van der Waals surface area contributed by atoms with Gasteiger partial charge in [0.15, 0.2) is 0 Å². The number of Topliss-reactive ketones (excluding diaryl/α,β-unsaturated/α-hetero) is 1. The number of hydrogen-bond acceptors (Lipinski definition) is 4. The molecule has 1 N–H and O–H groups in total. The minimum atomic E-state index is -0.792. The Balaban J connectivity index is 1.93. The Hall–Kier alpha value is -3.57. The Morgan fingerprint density at radius 2 is 1.66 bits per heavy atom. The van der Waals surface area contributed by atoms with Crippen LogP contribution in [0, 0.1) is 13.8 Å². The van der Waals surface area contributed by atoms with Crippen molar-refractivity contribution in [3.8, 4) is 0 Å². The number of carbonyl (C=O) groups excluding carboxylic acids is 2. The first-order chi connectivity index (χ1) is 16.8. The summed E-state index contributed by atoms with van der Waals surface area (Å²) in [6.45, 7) is 9.71. The first kappa shape index (κ1) is 24.6. The first-order valence-corrected chi connectivity index (χ1v) is 12.1. The summed E-state index contributed by atoms with van der Waals surface area (Å²) in [7, 11) is 0. The predicted molar refractivity (Wildman–Crippen MR) is 142 cm³/mol. The van der Waals surface area contributed by atoms with Gasteiger partial charge in [-0.2, -0.15) is 0 Å². The number of nitrogens with zero attached hydrogens (tertiary/aromatic N) is 2. The monoisotopic (exact) mass is 488 g/mol. The van der Waals surface area contributed by atoms with Gasteiger partial charge < -0.3 is 10.0 Å². The molecule has 0 saturated carbocycles. The van der Waals surface area contributed by atoms with E-state index in [-0.39, 0.29) is 11.3 Å². The van der Waals surface area contributed by atoms with Crippen molar-refractivity contribution in [3.05, 3.63) is 99.6 Å². The first-order valence-electron chi connectivity index (χ1n) is 11.8. The standard InChI is InChI=1S/C29H29ClN2O3/c1-5-31(6-2)22-14-12-20(13-15-22)26-25(27(33)24-16-18(3)10-11-19(24)4)28(34)29(35)32(26)23-9-7-8-21(30)17-23/h7-17,26,33H,5-6H2,1-4H3/b27-25+. The molecule has 0 spiro atoms. The maximum Gasteiger partial charge on any atom is 0.300 e. The van der Waals surface area contributed by atoms with E-state index in [0.717, 1.165) is 35.5 Å². The lowest BCUT2D eigenvalue weighted by atomic mass is 9.93. The Morgan fingerprint density at radius 3 is 2.29 bits per heavy atom. The number of rotatable bonds is 6. The fraction of sp³-hybridized carbons (Fsp3) is 0.241. The Morgan fingerprint density at radius 1 is 0.971 bits per heavy atom. The summed E-state index contributed by atoms with van der Waals surface area (Å²) in [4.78, 5) is 30.4. The number of anilines is 2. The van der Waals surface area contributed by atoms with Crippen molar-refractivity contribution in [2.75, 3.05) is 22.9 Å². The fourth-order valence-corrected chi connectivity index (χ4v) is 4.82. The summed E-state index contributed by atoms with van der Waals surface area (Å²) in [6.07, 6.45) is 0. The van der Waals surface area contributed by atoms with Crippen LogP contribution in [0.3, 0.4) is 0 Å². The molecule has 0 radical (unpaired) electrons. The molecule has 0 bridgehead atoms. The molecule has 1 unspecified atom stereocenters. The molecular weight excluding hydrogens is 460 g/mol. The SMILES string of the molecule is CCN(CC)c1ccc(C2/C(=C(\O)c3cc(C)ccc3C)C(=O)C(=O)N2c2cccc(Cl)c2)cc1. The van der Waals surface area contributed by atoms with E-state index in [9.17, 15) is 14.7 Å². The Labute approximate surface area is 211 Å². The minimum absolute atomic E-state index is 0.0688. The Kier molecular flexibility index (Phi) is 6.99. The summed E-state index contributed by atoms with van der Waals surface area (Å²) < 4.78 is 0. The van der Waals surface area contributed by atoms with Crippen LogP contribution in [0.5, 0.6) is 0 Å². The van der Waals surface area contributed by atoms with E-state index in [1.807, 2.05) is 56.3 Å². The topological polar surface area (TPSA) is 60.9 Å². The number of hydrogen-bond donors (Lipinski definition) is 1. The number of aryl methyl sites for hydroxylation is 2. The molecule has 3 aromatic rings. The molecule has 180 valence electrons. The molecule has 6 heteroatoms. The van der Waals surface area contributed by atoms with Gasteiger partial charge in [-0.1, -0.05) is 47.5 Å². The third kappa shape index (κ3) is 4.56. The van der Waals surface area contributed by atoms with Crippen molar-refractivity contribution < 1.29 is 14.7 Å². The summed E-state index contributed by atoms with van der Waals surface area (Å²) in [5, 5.41) is 11.9. The molecule has 1 aliphatic heterocycles. The molecule has 1 saturated heterocycles. The number of benzene rings is 3. The highest BCUT2D eigenvalue weighted by Gasteiger charge is 2.47. The summed E-state index contributed by atoms with van der Waals surface area (Å²) in [5.41, 5.74) is 4.65. The van der Waals surface area contributed by atoms with Gasteiger partial charge in [-0.25, -0.2) is 0 Å². The third-order valence-electron chi connectivity index (χ3n) is 6.52. The van der Waals surface area contributed by atoms with E-state index in [0.29, 0.717) is 16.3 Å². The van der Waals surface area contributed by atoms with Crippen LogP contribution in [0.15, 0.2) is 72.3 Å². The number of carbonyl (C=O) groups is 2. The quantitative estimate of drug-likeness (QED) is 0.247. The van der Waals surface area contributed by atoms with E-state index in [1.165, 1.54) is 4.90 Å². The van der Waals surface area contributed by atoms with Gasteiger partial charge in [0.1, 0.15) is 5.76 Å².